The molecule has 1 N–H and O–H groups in total. The Morgan fingerprint density at radius 1 is 1.47 bits per heavy atom. The van der Waals surface area contributed by atoms with Crippen molar-refractivity contribution in [2.45, 2.75) is 25.0 Å². The zero-order valence-corrected chi connectivity index (χ0v) is 10.4. The highest BCUT2D eigenvalue weighted by atomic mass is 32.2. The van der Waals surface area contributed by atoms with Gasteiger partial charge in [-0.3, -0.25) is 9.00 Å². The van der Waals surface area contributed by atoms with E-state index in [1.54, 1.807) is 6.92 Å². The number of hydrogen-bond acceptors (Lipinski definition) is 4. The van der Waals surface area contributed by atoms with Crippen molar-refractivity contribution in [2.24, 2.45) is 0 Å². The SMILES string of the molecule is CCC(C(=O)O)S(=O)CCCS(C)(=O)=O. The molecule has 2 atom stereocenters. The van der Waals surface area contributed by atoms with Crippen LogP contribution in [0.3, 0.4) is 0 Å². The normalized spacial score (nSPS) is 15.9. The minimum absolute atomic E-state index is 0.0468. The molecule has 5 nitrogen and oxygen atoms in total. The van der Waals surface area contributed by atoms with Crippen LogP contribution in [-0.2, 0) is 25.4 Å². The third-order valence-corrected chi connectivity index (χ3v) is 4.72. The zero-order valence-electron chi connectivity index (χ0n) is 8.80. The molecule has 0 spiro atoms. The van der Waals surface area contributed by atoms with Crippen molar-refractivity contribution in [1.82, 2.24) is 0 Å². The van der Waals surface area contributed by atoms with E-state index in [1.165, 1.54) is 0 Å². The quantitative estimate of drug-likeness (QED) is 0.694. The molecule has 0 aliphatic heterocycles. The summed E-state index contributed by atoms with van der Waals surface area (Å²) in [4.78, 5) is 10.6. The summed E-state index contributed by atoms with van der Waals surface area (Å²) >= 11 is 0. The van der Waals surface area contributed by atoms with E-state index in [0.717, 1.165) is 6.26 Å². The standard InChI is InChI=1S/C8H16O5S2/c1-3-7(8(9)10)14(11)5-4-6-15(2,12)13/h7H,3-6H2,1-2H3,(H,9,10). The molecule has 0 aliphatic rings. The molecule has 90 valence electrons. The lowest BCUT2D eigenvalue weighted by Crippen LogP contribution is -2.27. The van der Waals surface area contributed by atoms with Gasteiger partial charge in [0.25, 0.3) is 0 Å². The first-order valence-electron chi connectivity index (χ1n) is 4.55. The Balaban J connectivity index is 4.09. The van der Waals surface area contributed by atoms with E-state index in [4.69, 9.17) is 5.11 Å². The van der Waals surface area contributed by atoms with Crippen molar-refractivity contribution in [3.05, 3.63) is 0 Å². The lowest BCUT2D eigenvalue weighted by molar-refractivity contribution is -0.136. The third-order valence-electron chi connectivity index (χ3n) is 1.82. The highest BCUT2D eigenvalue weighted by Gasteiger charge is 2.22. The van der Waals surface area contributed by atoms with E-state index in [9.17, 15) is 17.4 Å². The summed E-state index contributed by atoms with van der Waals surface area (Å²) in [6.45, 7) is 1.65. The smallest absolute Gasteiger partial charge is 0.319 e. The summed E-state index contributed by atoms with van der Waals surface area (Å²) in [7, 11) is -4.54. The molecule has 2 unspecified atom stereocenters. The Morgan fingerprint density at radius 3 is 2.33 bits per heavy atom. The Bertz CT molecular complexity index is 333. The summed E-state index contributed by atoms with van der Waals surface area (Å²) < 4.78 is 33.0. The van der Waals surface area contributed by atoms with Crippen molar-refractivity contribution < 1.29 is 22.5 Å². The average molecular weight is 256 g/mol. The molecule has 0 aliphatic carbocycles. The van der Waals surface area contributed by atoms with Gasteiger partial charge < -0.3 is 5.11 Å². The first-order chi connectivity index (χ1) is 6.78. The Labute approximate surface area is 92.2 Å². The second-order valence-corrected chi connectivity index (χ2v) is 7.30. The van der Waals surface area contributed by atoms with E-state index < -0.39 is 31.9 Å². The largest absolute Gasteiger partial charge is 0.480 e. The molecule has 0 aromatic carbocycles. The van der Waals surface area contributed by atoms with Gasteiger partial charge >= 0.3 is 5.97 Å². The van der Waals surface area contributed by atoms with Crippen LogP contribution >= 0.6 is 0 Å². The van der Waals surface area contributed by atoms with E-state index in [-0.39, 0.29) is 17.9 Å². The zero-order chi connectivity index (χ0) is 12.1. The van der Waals surface area contributed by atoms with Gasteiger partial charge in [-0.15, -0.1) is 0 Å². The number of carboxylic acid groups (broad SMARTS) is 1. The maximum atomic E-state index is 11.4. The van der Waals surface area contributed by atoms with Gasteiger partial charge in [-0.1, -0.05) is 6.92 Å². The molecule has 15 heavy (non-hydrogen) atoms. The molecule has 0 rings (SSSR count). The molecule has 0 saturated carbocycles. The van der Waals surface area contributed by atoms with Crippen LogP contribution in [0.25, 0.3) is 0 Å². The molecule has 0 bridgehead atoms. The van der Waals surface area contributed by atoms with Crippen LogP contribution in [0.2, 0.25) is 0 Å². The number of hydrogen-bond donors (Lipinski definition) is 1. The molecular weight excluding hydrogens is 240 g/mol. The van der Waals surface area contributed by atoms with Gasteiger partial charge in [-0.05, 0) is 12.8 Å². The minimum atomic E-state index is -3.05. The van der Waals surface area contributed by atoms with Crippen LogP contribution in [0, 0.1) is 0 Å². The molecule has 0 amide bonds. The van der Waals surface area contributed by atoms with Gasteiger partial charge in [0.05, 0.1) is 5.75 Å². The van der Waals surface area contributed by atoms with Gasteiger partial charge in [0, 0.05) is 22.8 Å². The van der Waals surface area contributed by atoms with Gasteiger partial charge in [0.1, 0.15) is 15.1 Å². The van der Waals surface area contributed by atoms with Crippen molar-refractivity contribution >= 4 is 26.6 Å². The fourth-order valence-electron chi connectivity index (χ4n) is 1.08. The fraction of sp³-hybridized carbons (Fsp3) is 0.875. The minimum Gasteiger partial charge on any atom is -0.480 e. The number of rotatable bonds is 7. The summed E-state index contributed by atoms with van der Waals surface area (Å²) in [6.07, 6.45) is 1.64. The monoisotopic (exact) mass is 256 g/mol. The average Bonchev–Trinajstić information content (AvgIpc) is 2.01. The summed E-state index contributed by atoms with van der Waals surface area (Å²) in [5.74, 6) is -1.01. The lowest BCUT2D eigenvalue weighted by Gasteiger charge is -2.08. The van der Waals surface area contributed by atoms with Crippen molar-refractivity contribution in [1.29, 1.82) is 0 Å². The van der Waals surface area contributed by atoms with Crippen LogP contribution in [0.5, 0.6) is 0 Å². The molecule has 0 fully saturated rings. The molecule has 0 heterocycles. The number of sulfone groups is 1. The summed E-state index contributed by atoms with van der Waals surface area (Å²) in [6, 6.07) is 0. The second-order valence-electron chi connectivity index (χ2n) is 3.30. The van der Waals surface area contributed by atoms with E-state index in [2.05, 4.69) is 0 Å². The molecule has 0 aromatic heterocycles. The number of aliphatic carboxylic acids is 1. The highest BCUT2D eigenvalue weighted by Crippen LogP contribution is 2.04. The van der Waals surface area contributed by atoms with E-state index in [0.29, 0.717) is 6.42 Å². The van der Waals surface area contributed by atoms with E-state index >= 15 is 0 Å². The maximum absolute atomic E-state index is 11.4. The van der Waals surface area contributed by atoms with E-state index in [1.807, 2.05) is 0 Å². The Morgan fingerprint density at radius 2 is 2.00 bits per heavy atom. The topological polar surface area (TPSA) is 88.5 Å². The van der Waals surface area contributed by atoms with Crippen LogP contribution in [0.15, 0.2) is 0 Å². The first-order valence-corrected chi connectivity index (χ1v) is 8.00. The molecule has 7 heteroatoms. The number of carboxylic acids is 1. The summed E-state index contributed by atoms with van der Waals surface area (Å²) in [5, 5.41) is 7.81. The molecule has 0 radical (unpaired) electrons. The van der Waals surface area contributed by atoms with Gasteiger partial charge in [0.2, 0.25) is 0 Å². The van der Waals surface area contributed by atoms with Crippen molar-refractivity contribution in [3.63, 3.8) is 0 Å². The third kappa shape index (κ3) is 6.62. The van der Waals surface area contributed by atoms with Gasteiger partial charge in [-0.25, -0.2) is 8.42 Å². The highest BCUT2D eigenvalue weighted by molar-refractivity contribution is 7.90. The maximum Gasteiger partial charge on any atom is 0.319 e. The predicted molar refractivity (Wildman–Crippen MR) is 59.1 cm³/mol. The fourth-order valence-corrected chi connectivity index (χ4v) is 3.24. The second kappa shape index (κ2) is 6.22. The first kappa shape index (κ1) is 14.6. The van der Waals surface area contributed by atoms with Crippen molar-refractivity contribution in [2.75, 3.05) is 17.8 Å². The van der Waals surface area contributed by atoms with Crippen LogP contribution in [-0.4, -0.2) is 46.7 Å². The van der Waals surface area contributed by atoms with Gasteiger partial charge in [0.15, 0.2) is 0 Å². The Hall–Kier alpha value is -0.430. The van der Waals surface area contributed by atoms with Crippen LogP contribution in [0.1, 0.15) is 19.8 Å². The summed E-state index contributed by atoms with van der Waals surface area (Å²) in [5.41, 5.74) is 0. The number of carbonyl (C=O) groups is 1. The molecule has 0 aromatic rings. The van der Waals surface area contributed by atoms with Crippen molar-refractivity contribution in [3.8, 4) is 0 Å². The lowest BCUT2D eigenvalue weighted by atomic mass is 10.3. The molecule has 0 saturated heterocycles. The Kier molecular flexibility index (Phi) is 6.04. The van der Waals surface area contributed by atoms with Crippen LogP contribution < -0.4 is 0 Å². The predicted octanol–water partition coefficient (Wildman–Crippen LogP) is 0.0330. The van der Waals surface area contributed by atoms with Crippen LogP contribution in [0.4, 0.5) is 0 Å². The molecular formula is C8H16O5S2. The van der Waals surface area contributed by atoms with Gasteiger partial charge in [-0.2, -0.15) is 0 Å².